The molecule has 0 atom stereocenters. The minimum absolute atomic E-state index is 0.0670. The summed E-state index contributed by atoms with van der Waals surface area (Å²) >= 11 is 0. The van der Waals surface area contributed by atoms with Gasteiger partial charge in [-0.05, 0) is 37.3 Å². The number of nitrogens with one attached hydrogen (secondary N) is 1. The summed E-state index contributed by atoms with van der Waals surface area (Å²) in [5.41, 5.74) is 3.68. The number of ether oxygens (including phenoxy) is 1. The average molecular weight is 320 g/mol. The predicted octanol–water partition coefficient (Wildman–Crippen LogP) is 3.33. The second kappa shape index (κ2) is 5.80. The molecule has 0 amide bonds. The number of hydrogen-bond acceptors (Lipinski definition) is 3. The largest absolute Gasteiger partial charge is 0.497 e. The summed E-state index contributed by atoms with van der Waals surface area (Å²) in [5, 5.41) is 4.35. The molecule has 1 fully saturated rings. The number of ketones is 1. The molecule has 1 saturated heterocycles. The summed E-state index contributed by atoms with van der Waals surface area (Å²) in [5.74, 6) is 0.823. The molecule has 4 nitrogen and oxygen atoms in total. The Hall–Kier alpha value is -2.59. The number of carbonyl (C=O) groups is 1. The quantitative estimate of drug-likeness (QED) is 0.750. The van der Waals surface area contributed by atoms with Crippen molar-refractivity contribution in [3.05, 3.63) is 65.4 Å². The minimum atomic E-state index is 0.0670. The Morgan fingerprint density at radius 3 is 2.46 bits per heavy atom. The SMILES string of the molecule is COc1ccc(C(=O)c2c(C)n(C3CNC3)c3ccccc23)cc1. The molecular formula is C20H20N2O2. The fourth-order valence-corrected chi connectivity index (χ4v) is 3.49. The van der Waals surface area contributed by atoms with Gasteiger partial charge >= 0.3 is 0 Å². The molecule has 0 aliphatic carbocycles. The molecule has 4 rings (SSSR count). The van der Waals surface area contributed by atoms with Crippen LogP contribution in [0.1, 0.15) is 27.7 Å². The summed E-state index contributed by atoms with van der Waals surface area (Å²) in [6, 6.07) is 15.9. The van der Waals surface area contributed by atoms with Crippen molar-refractivity contribution in [3.8, 4) is 5.75 Å². The van der Waals surface area contributed by atoms with Gasteiger partial charge in [-0.15, -0.1) is 0 Å². The van der Waals surface area contributed by atoms with Crippen molar-refractivity contribution in [1.82, 2.24) is 9.88 Å². The fraction of sp³-hybridized carbons (Fsp3) is 0.250. The molecule has 3 aromatic rings. The number of methoxy groups -OCH3 is 1. The average Bonchev–Trinajstić information content (AvgIpc) is 2.86. The van der Waals surface area contributed by atoms with Gasteiger partial charge in [0.25, 0.3) is 0 Å². The first-order valence-electron chi connectivity index (χ1n) is 8.19. The molecule has 2 heterocycles. The maximum Gasteiger partial charge on any atom is 0.195 e. The maximum atomic E-state index is 13.2. The van der Waals surface area contributed by atoms with Crippen molar-refractivity contribution in [2.75, 3.05) is 20.2 Å². The zero-order chi connectivity index (χ0) is 16.7. The molecule has 0 unspecified atom stereocenters. The van der Waals surface area contributed by atoms with Crippen LogP contribution < -0.4 is 10.1 Å². The highest BCUT2D eigenvalue weighted by atomic mass is 16.5. The first kappa shape index (κ1) is 15.0. The standard InChI is InChI=1S/C20H20N2O2/c1-13-19(20(23)14-7-9-16(24-2)10-8-14)17-5-3-4-6-18(17)22(13)15-11-21-12-15/h3-10,15,21H,11-12H2,1-2H3. The molecule has 1 N–H and O–H groups in total. The fourth-order valence-electron chi connectivity index (χ4n) is 3.49. The molecule has 122 valence electrons. The zero-order valence-corrected chi connectivity index (χ0v) is 13.9. The lowest BCUT2D eigenvalue weighted by Crippen LogP contribution is -2.43. The number of fused-ring (bicyclic) bond motifs is 1. The van der Waals surface area contributed by atoms with E-state index >= 15 is 0 Å². The molecule has 24 heavy (non-hydrogen) atoms. The molecule has 2 aromatic carbocycles. The first-order valence-corrected chi connectivity index (χ1v) is 8.19. The molecule has 4 heteroatoms. The normalized spacial score (nSPS) is 14.6. The Morgan fingerprint density at radius 1 is 1.12 bits per heavy atom. The number of rotatable bonds is 4. The van der Waals surface area contributed by atoms with Gasteiger partial charge in [0.2, 0.25) is 0 Å². The molecule has 1 aromatic heterocycles. The van der Waals surface area contributed by atoms with Crippen LogP contribution in [0.15, 0.2) is 48.5 Å². The first-order chi connectivity index (χ1) is 11.7. The number of para-hydroxylation sites is 1. The Kier molecular flexibility index (Phi) is 3.62. The third-order valence-electron chi connectivity index (χ3n) is 4.86. The lowest BCUT2D eigenvalue weighted by molar-refractivity contribution is 0.103. The molecule has 0 saturated carbocycles. The van der Waals surface area contributed by atoms with Crippen LogP contribution in [-0.4, -0.2) is 30.5 Å². The van der Waals surface area contributed by atoms with E-state index in [4.69, 9.17) is 4.74 Å². The predicted molar refractivity (Wildman–Crippen MR) is 95.0 cm³/mol. The van der Waals surface area contributed by atoms with Gasteiger partial charge < -0.3 is 14.6 Å². The molecule has 1 aliphatic rings. The molecular weight excluding hydrogens is 300 g/mol. The summed E-state index contributed by atoms with van der Waals surface area (Å²) in [6.07, 6.45) is 0. The summed E-state index contributed by atoms with van der Waals surface area (Å²) in [6.45, 7) is 3.96. The Labute approximate surface area is 141 Å². The highest BCUT2D eigenvalue weighted by Crippen LogP contribution is 2.32. The number of hydrogen-bond donors (Lipinski definition) is 1. The van der Waals surface area contributed by atoms with Gasteiger partial charge in [-0.25, -0.2) is 0 Å². The van der Waals surface area contributed by atoms with Crippen molar-refractivity contribution in [2.45, 2.75) is 13.0 Å². The van der Waals surface area contributed by atoms with Gasteiger partial charge in [-0.2, -0.15) is 0 Å². The van der Waals surface area contributed by atoms with Crippen LogP contribution in [0.3, 0.4) is 0 Å². The van der Waals surface area contributed by atoms with Gasteiger partial charge in [-0.1, -0.05) is 18.2 Å². The summed E-state index contributed by atoms with van der Waals surface area (Å²) in [7, 11) is 1.63. The van der Waals surface area contributed by atoms with Crippen molar-refractivity contribution in [1.29, 1.82) is 0 Å². The topological polar surface area (TPSA) is 43.3 Å². The smallest absolute Gasteiger partial charge is 0.195 e. The van der Waals surface area contributed by atoms with Crippen molar-refractivity contribution in [2.24, 2.45) is 0 Å². The van der Waals surface area contributed by atoms with E-state index in [0.717, 1.165) is 41.0 Å². The van der Waals surface area contributed by atoms with Gasteiger partial charge in [-0.3, -0.25) is 4.79 Å². The maximum absolute atomic E-state index is 13.2. The van der Waals surface area contributed by atoms with Gasteiger partial charge in [0.15, 0.2) is 5.78 Å². The summed E-state index contributed by atoms with van der Waals surface area (Å²) in [4.78, 5) is 13.2. The Morgan fingerprint density at radius 2 is 1.83 bits per heavy atom. The highest BCUT2D eigenvalue weighted by Gasteiger charge is 2.27. The molecule has 0 bridgehead atoms. The van der Waals surface area contributed by atoms with Crippen LogP contribution in [0.5, 0.6) is 5.75 Å². The Bertz CT molecular complexity index is 905. The van der Waals surface area contributed by atoms with Crippen LogP contribution >= 0.6 is 0 Å². The third kappa shape index (κ3) is 2.22. The monoisotopic (exact) mass is 320 g/mol. The lowest BCUT2D eigenvalue weighted by Gasteiger charge is -2.30. The number of carbonyl (C=O) groups excluding carboxylic acids is 1. The van der Waals surface area contributed by atoms with E-state index in [2.05, 4.69) is 22.9 Å². The second-order valence-electron chi connectivity index (χ2n) is 6.22. The highest BCUT2D eigenvalue weighted by molar-refractivity contribution is 6.17. The van der Waals surface area contributed by atoms with Crippen molar-refractivity contribution >= 4 is 16.7 Å². The number of aromatic nitrogens is 1. The van der Waals surface area contributed by atoms with E-state index in [1.54, 1.807) is 7.11 Å². The van der Waals surface area contributed by atoms with Gasteiger partial charge in [0, 0.05) is 35.2 Å². The third-order valence-corrected chi connectivity index (χ3v) is 4.86. The van der Waals surface area contributed by atoms with Crippen LogP contribution in [0.4, 0.5) is 0 Å². The van der Waals surface area contributed by atoms with Gasteiger partial charge in [0.05, 0.1) is 18.7 Å². The number of nitrogens with zero attached hydrogens (tertiary/aromatic N) is 1. The van der Waals surface area contributed by atoms with E-state index in [9.17, 15) is 4.79 Å². The second-order valence-corrected chi connectivity index (χ2v) is 6.22. The minimum Gasteiger partial charge on any atom is -0.497 e. The van der Waals surface area contributed by atoms with E-state index in [0.29, 0.717) is 11.6 Å². The lowest BCUT2D eigenvalue weighted by atomic mass is 10.0. The molecule has 0 radical (unpaired) electrons. The Balaban J connectivity index is 1.86. The van der Waals surface area contributed by atoms with E-state index in [-0.39, 0.29) is 5.78 Å². The summed E-state index contributed by atoms with van der Waals surface area (Å²) < 4.78 is 7.49. The van der Waals surface area contributed by atoms with E-state index < -0.39 is 0 Å². The molecule has 1 aliphatic heterocycles. The molecule has 0 spiro atoms. The van der Waals surface area contributed by atoms with Crippen molar-refractivity contribution < 1.29 is 9.53 Å². The van der Waals surface area contributed by atoms with E-state index in [1.165, 1.54) is 0 Å². The van der Waals surface area contributed by atoms with Crippen LogP contribution in [0, 0.1) is 6.92 Å². The van der Waals surface area contributed by atoms with Crippen LogP contribution in [0.25, 0.3) is 10.9 Å². The van der Waals surface area contributed by atoms with E-state index in [1.807, 2.05) is 42.5 Å². The van der Waals surface area contributed by atoms with Crippen LogP contribution in [0.2, 0.25) is 0 Å². The van der Waals surface area contributed by atoms with Crippen LogP contribution in [-0.2, 0) is 0 Å². The van der Waals surface area contributed by atoms with Gasteiger partial charge in [0.1, 0.15) is 5.75 Å². The number of benzene rings is 2. The zero-order valence-electron chi connectivity index (χ0n) is 13.9. The van der Waals surface area contributed by atoms with Crippen molar-refractivity contribution in [3.63, 3.8) is 0 Å².